The minimum absolute atomic E-state index is 0.120. The molecule has 1 amide bonds. The van der Waals surface area contributed by atoms with Crippen LogP contribution in [0.15, 0.2) is 37.1 Å². The van der Waals surface area contributed by atoms with E-state index in [1.165, 1.54) is 12.0 Å². The van der Waals surface area contributed by atoms with Gasteiger partial charge in [0.05, 0.1) is 18.3 Å². The minimum atomic E-state index is -0.120. The summed E-state index contributed by atoms with van der Waals surface area (Å²) in [5, 5.41) is 7.38. The summed E-state index contributed by atoms with van der Waals surface area (Å²) in [7, 11) is 0. The molecule has 0 aromatic carbocycles. The van der Waals surface area contributed by atoms with E-state index in [1.807, 2.05) is 18.5 Å². The first-order valence-corrected chi connectivity index (χ1v) is 11.2. The van der Waals surface area contributed by atoms with E-state index in [1.54, 1.807) is 23.3 Å². The second-order valence-corrected chi connectivity index (χ2v) is 9.19. The van der Waals surface area contributed by atoms with Gasteiger partial charge < -0.3 is 16.0 Å². The van der Waals surface area contributed by atoms with Gasteiger partial charge in [0.1, 0.15) is 5.82 Å². The van der Waals surface area contributed by atoms with Crippen molar-refractivity contribution >= 4 is 17.7 Å². The monoisotopic (exact) mass is 430 g/mol. The molecule has 2 unspecified atom stereocenters. The third-order valence-electron chi connectivity index (χ3n) is 7.01. The number of piperidine rings is 1. The molecule has 2 aliphatic carbocycles. The predicted octanol–water partition coefficient (Wildman–Crippen LogP) is 1.61. The Morgan fingerprint density at radius 2 is 1.97 bits per heavy atom. The molecule has 4 heterocycles. The molecule has 1 aliphatic heterocycles. The molecule has 32 heavy (non-hydrogen) atoms. The van der Waals surface area contributed by atoms with E-state index in [0.29, 0.717) is 24.5 Å². The maximum absolute atomic E-state index is 12.6. The fourth-order valence-electron chi connectivity index (χ4n) is 5.09. The summed E-state index contributed by atoms with van der Waals surface area (Å²) in [6, 6.07) is 2.01. The molecule has 9 nitrogen and oxygen atoms in total. The van der Waals surface area contributed by atoms with Gasteiger partial charge in [-0.15, -0.1) is 0 Å². The molecule has 3 aromatic heterocycles. The summed E-state index contributed by atoms with van der Waals surface area (Å²) in [5.74, 6) is 3.27. The Bertz CT molecular complexity index is 1150. The Labute approximate surface area is 186 Å². The van der Waals surface area contributed by atoms with Gasteiger partial charge in [-0.2, -0.15) is 5.10 Å². The van der Waals surface area contributed by atoms with Crippen LogP contribution in [0.4, 0.5) is 11.8 Å². The number of aromatic nitrogens is 5. The van der Waals surface area contributed by atoms with E-state index >= 15 is 0 Å². The summed E-state index contributed by atoms with van der Waals surface area (Å²) >= 11 is 0. The van der Waals surface area contributed by atoms with Gasteiger partial charge in [0.15, 0.2) is 0 Å². The lowest BCUT2D eigenvalue weighted by atomic mass is 10.0. The number of fused-ring (bicyclic) bond motifs is 2. The number of nitrogen functional groups attached to an aromatic ring is 1. The minimum Gasteiger partial charge on any atom is -0.383 e. The van der Waals surface area contributed by atoms with E-state index in [2.05, 4.69) is 30.3 Å². The number of hydrogen-bond donors (Lipinski definition) is 2. The van der Waals surface area contributed by atoms with E-state index in [9.17, 15) is 4.79 Å². The molecule has 3 N–H and O–H groups in total. The number of anilines is 2. The van der Waals surface area contributed by atoms with Gasteiger partial charge in [0, 0.05) is 55.9 Å². The van der Waals surface area contributed by atoms with Crippen LogP contribution in [0.1, 0.15) is 45.8 Å². The average Bonchev–Trinajstić information content (AvgIpc) is 3.20. The van der Waals surface area contributed by atoms with Crippen molar-refractivity contribution in [3.05, 3.63) is 59.3 Å². The van der Waals surface area contributed by atoms with Crippen molar-refractivity contribution in [2.45, 2.75) is 31.7 Å². The van der Waals surface area contributed by atoms with Gasteiger partial charge in [-0.05, 0) is 48.3 Å². The molecule has 2 fully saturated rings. The largest absolute Gasteiger partial charge is 0.383 e. The van der Waals surface area contributed by atoms with Gasteiger partial charge in [0.25, 0.3) is 5.91 Å². The average molecular weight is 431 g/mol. The lowest BCUT2D eigenvalue weighted by molar-refractivity contribution is 0.0951. The molecular formula is C23H26N8O. The number of nitrogens with zero attached hydrogens (tertiary/aromatic N) is 6. The standard InChI is InChI=1S/C23H26N8O/c24-21-20-2-1-15(19(20)3-4-25-21)8-26-22(32)18-9-29-31(13-18)10-14-6-27-23(28-7-14)30-11-16-5-17(16)12-30/h3-4,6-7,9,13,15-17H,1-2,5,8,10-12H2,(H2,24,25)(H,26,32)/t15-,16?,17?/m0/s1. The number of nitrogens with two attached hydrogens (primary N) is 1. The highest BCUT2D eigenvalue weighted by atomic mass is 16.1. The van der Waals surface area contributed by atoms with Crippen LogP contribution in [0.25, 0.3) is 0 Å². The van der Waals surface area contributed by atoms with Gasteiger partial charge in [0.2, 0.25) is 5.95 Å². The van der Waals surface area contributed by atoms with E-state index in [0.717, 1.165) is 54.8 Å². The summed E-state index contributed by atoms with van der Waals surface area (Å²) in [4.78, 5) is 28.1. The van der Waals surface area contributed by atoms with Crippen LogP contribution in [-0.4, -0.2) is 50.3 Å². The van der Waals surface area contributed by atoms with Gasteiger partial charge in [-0.1, -0.05) is 0 Å². The number of nitrogens with one attached hydrogen (secondary N) is 1. The lowest BCUT2D eigenvalue weighted by Gasteiger charge is -2.17. The molecule has 9 heteroatoms. The lowest BCUT2D eigenvalue weighted by Crippen LogP contribution is -2.27. The molecule has 0 bridgehead atoms. The molecule has 1 saturated heterocycles. The molecule has 164 valence electrons. The number of carbonyl (C=O) groups excluding carboxylic acids is 1. The SMILES string of the molecule is Nc1nccc2c1CC[C@H]2CNC(=O)c1cnn(Cc2cnc(N3CC4CC4C3)nc2)c1. The quantitative estimate of drug-likeness (QED) is 0.611. The fraction of sp³-hybridized carbons (Fsp3) is 0.435. The third-order valence-corrected chi connectivity index (χ3v) is 7.01. The van der Waals surface area contributed by atoms with Crippen molar-refractivity contribution in [2.75, 3.05) is 30.3 Å². The van der Waals surface area contributed by atoms with Crippen LogP contribution in [0.3, 0.4) is 0 Å². The fourth-order valence-corrected chi connectivity index (χ4v) is 5.09. The maximum Gasteiger partial charge on any atom is 0.254 e. The van der Waals surface area contributed by atoms with Crippen LogP contribution >= 0.6 is 0 Å². The molecule has 0 radical (unpaired) electrons. The Balaban J connectivity index is 1.04. The van der Waals surface area contributed by atoms with Crippen molar-refractivity contribution in [3.8, 4) is 0 Å². The van der Waals surface area contributed by atoms with Crippen molar-refractivity contribution in [1.82, 2.24) is 30.0 Å². The summed E-state index contributed by atoms with van der Waals surface area (Å²) in [6.07, 6.45) is 12.1. The van der Waals surface area contributed by atoms with E-state index in [4.69, 9.17) is 5.73 Å². The highest BCUT2D eigenvalue weighted by Gasteiger charge is 2.45. The number of rotatable bonds is 6. The van der Waals surface area contributed by atoms with Crippen LogP contribution in [0.2, 0.25) is 0 Å². The van der Waals surface area contributed by atoms with Crippen LogP contribution in [-0.2, 0) is 13.0 Å². The highest BCUT2D eigenvalue weighted by Crippen LogP contribution is 2.45. The highest BCUT2D eigenvalue weighted by molar-refractivity contribution is 5.93. The second kappa shape index (κ2) is 7.58. The number of pyridine rings is 1. The Hall–Kier alpha value is -3.49. The van der Waals surface area contributed by atoms with Crippen molar-refractivity contribution in [2.24, 2.45) is 11.8 Å². The van der Waals surface area contributed by atoms with E-state index < -0.39 is 0 Å². The maximum atomic E-state index is 12.6. The summed E-state index contributed by atoms with van der Waals surface area (Å²) < 4.78 is 1.75. The normalized spacial score (nSPS) is 23.1. The van der Waals surface area contributed by atoms with Crippen LogP contribution in [0.5, 0.6) is 0 Å². The third kappa shape index (κ3) is 3.57. The van der Waals surface area contributed by atoms with Crippen molar-refractivity contribution < 1.29 is 4.79 Å². The second-order valence-electron chi connectivity index (χ2n) is 9.19. The first-order valence-electron chi connectivity index (χ1n) is 11.2. The van der Waals surface area contributed by atoms with Crippen LogP contribution in [0, 0.1) is 11.8 Å². The Kier molecular flexibility index (Phi) is 4.55. The van der Waals surface area contributed by atoms with E-state index in [-0.39, 0.29) is 11.8 Å². The predicted molar refractivity (Wildman–Crippen MR) is 119 cm³/mol. The Morgan fingerprint density at radius 1 is 1.16 bits per heavy atom. The summed E-state index contributed by atoms with van der Waals surface area (Å²) in [6.45, 7) is 3.27. The zero-order valence-corrected chi connectivity index (χ0v) is 17.8. The topological polar surface area (TPSA) is 115 Å². The van der Waals surface area contributed by atoms with Gasteiger partial charge in [-0.25, -0.2) is 15.0 Å². The zero-order valence-electron chi connectivity index (χ0n) is 17.8. The first kappa shape index (κ1) is 19.2. The molecule has 3 aliphatic rings. The Morgan fingerprint density at radius 3 is 2.78 bits per heavy atom. The first-order chi connectivity index (χ1) is 15.6. The van der Waals surface area contributed by atoms with Gasteiger partial charge in [-0.3, -0.25) is 9.48 Å². The molecule has 3 atom stereocenters. The van der Waals surface area contributed by atoms with Gasteiger partial charge >= 0.3 is 0 Å². The molecule has 6 rings (SSSR count). The number of carbonyl (C=O) groups is 1. The number of amides is 1. The van der Waals surface area contributed by atoms with Crippen molar-refractivity contribution in [3.63, 3.8) is 0 Å². The molecule has 3 aromatic rings. The molecular weight excluding hydrogens is 404 g/mol. The smallest absolute Gasteiger partial charge is 0.254 e. The van der Waals surface area contributed by atoms with Crippen LogP contribution < -0.4 is 16.0 Å². The molecule has 0 spiro atoms. The zero-order chi connectivity index (χ0) is 21.7. The number of hydrogen-bond acceptors (Lipinski definition) is 7. The summed E-state index contributed by atoms with van der Waals surface area (Å²) in [5.41, 5.74) is 9.80. The van der Waals surface area contributed by atoms with Crippen molar-refractivity contribution in [1.29, 1.82) is 0 Å². The molecule has 1 saturated carbocycles.